The number of fused-ring (bicyclic) bond motifs is 1. The van der Waals surface area contributed by atoms with Crippen molar-refractivity contribution in [3.05, 3.63) is 60.7 Å². The van der Waals surface area contributed by atoms with Gasteiger partial charge in [-0.25, -0.2) is 0 Å². The molecular formula is C23H28O2Si. The molecule has 3 atom stereocenters. The van der Waals surface area contributed by atoms with Crippen molar-refractivity contribution in [3.8, 4) is 0 Å². The summed E-state index contributed by atoms with van der Waals surface area (Å²) in [7, 11) is -2.48. The van der Waals surface area contributed by atoms with E-state index in [1.807, 2.05) is 0 Å². The molecule has 0 N–H and O–H groups in total. The zero-order valence-corrected chi connectivity index (χ0v) is 16.9. The van der Waals surface area contributed by atoms with Crippen molar-refractivity contribution in [1.82, 2.24) is 0 Å². The van der Waals surface area contributed by atoms with E-state index in [1.54, 1.807) is 0 Å². The Morgan fingerprint density at radius 2 is 1.50 bits per heavy atom. The van der Waals surface area contributed by atoms with E-state index in [4.69, 9.17) is 4.43 Å². The maximum atomic E-state index is 11.6. The summed E-state index contributed by atoms with van der Waals surface area (Å²) in [5.74, 6) is 0.545. The molecule has 0 heterocycles. The molecule has 3 heteroatoms. The first-order chi connectivity index (χ1) is 12.4. The molecule has 4 rings (SSSR count). The van der Waals surface area contributed by atoms with E-state index < -0.39 is 8.32 Å². The molecule has 0 saturated heterocycles. The minimum absolute atomic E-state index is 0.00315. The average Bonchev–Trinajstić information content (AvgIpc) is 3.21. The van der Waals surface area contributed by atoms with E-state index in [2.05, 4.69) is 81.4 Å². The predicted molar refractivity (Wildman–Crippen MR) is 108 cm³/mol. The number of carbonyl (C=O) groups excluding carboxylic acids is 1. The van der Waals surface area contributed by atoms with Crippen LogP contribution in [0.15, 0.2) is 60.7 Å². The first-order valence-corrected chi connectivity index (χ1v) is 11.6. The number of hydrogen-bond donors (Lipinski definition) is 0. The molecule has 2 nitrogen and oxygen atoms in total. The molecule has 0 radical (unpaired) electrons. The van der Waals surface area contributed by atoms with Gasteiger partial charge in [-0.3, -0.25) is 0 Å². The van der Waals surface area contributed by atoms with Crippen molar-refractivity contribution in [2.45, 2.75) is 51.2 Å². The monoisotopic (exact) mass is 364 g/mol. The van der Waals surface area contributed by atoms with Crippen molar-refractivity contribution < 1.29 is 9.22 Å². The Hall–Kier alpha value is -1.71. The van der Waals surface area contributed by atoms with Gasteiger partial charge in [-0.1, -0.05) is 81.4 Å². The second kappa shape index (κ2) is 6.17. The van der Waals surface area contributed by atoms with Crippen molar-refractivity contribution in [2.75, 3.05) is 0 Å². The summed E-state index contributed by atoms with van der Waals surface area (Å²) in [4.78, 5) is 11.6. The largest absolute Gasteiger partial charge is 0.404 e. The van der Waals surface area contributed by atoms with Crippen LogP contribution in [-0.2, 0) is 9.22 Å². The number of rotatable bonds is 5. The highest BCUT2D eigenvalue weighted by Crippen LogP contribution is 2.63. The molecule has 2 aromatic rings. The lowest BCUT2D eigenvalue weighted by atomic mass is 10.1. The smallest absolute Gasteiger partial charge is 0.261 e. The number of carbonyl (C=O) groups is 1. The fourth-order valence-corrected chi connectivity index (χ4v) is 9.71. The second-order valence-corrected chi connectivity index (χ2v) is 13.3. The number of hydrogen-bond acceptors (Lipinski definition) is 2. The molecule has 2 fully saturated rings. The molecule has 0 amide bonds. The number of aldehydes is 1. The Morgan fingerprint density at radius 1 is 0.962 bits per heavy atom. The quantitative estimate of drug-likeness (QED) is 0.593. The number of benzene rings is 2. The summed E-state index contributed by atoms with van der Waals surface area (Å²) in [6, 6.07) is 21.5. The van der Waals surface area contributed by atoms with Crippen molar-refractivity contribution in [2.24, 2.45) is 11.3 Å². The van der Waals surface area contributed by atoms with Crippen LogP contribution in [0.2, 0.25) is 5.04 Å². The molecule has 2 saturated carbocycles. The molecule has 0 aliphatic heterocycles. The Bertz CT molecular complexity index is 741. The normalized spacial score (nSPS) is 27.8. The van der Waals surface area contributed by atoms with Gasteiger partial charge in [0.15, 0.2) is 0 Å². The predicted octanol–water partition coefficient (Wildman–Crippen LogP) is 3.93. The van der Waals surface area contributed by atoms with Crippen LogP contribution in [0.1, 0.15) is 40.0 Å². The van der Waals surface area contributed by atoms with Gasteiger partial charge in [-0.15, -0.1) is 0 Å². The highest BCUT2D eigenvalue weighted by Gasteiger charge is 2.62. The van der Waals surface area contributed by atoms with Gasteiger partial charge in [0.25, 0.3) is 8.32 Å². The van der Waals surface area contributed by atoms with Crippen LogP contribution < -0.4 is 10.4 Å². The minimum atomic E-state index is -2.48. The molecule has 26 heavy (non-hydrogen) atoms. The molecule has 2 aromatic carbocycles. The summed E-state index contributed by atoms with van der Waals surface area (Å²) in [5, 5.41) is 2.63. The molecule has 136 valence electrons. The molecule has 0 unspecified atom stereocenters. The second-order valence-electron chi connectivity index (χ2n) is 9.09. The third-order valence-electron chi connectivity index (χ3n) is 6.43. The van der Waals surface area contributed by atoms with Crippen molar-refractivity contribution in [3.63, 3.8) is 0 Å². The fourth-order valence-electron chi connectivity index (χ4n) is 5.02. The highest BCUT2D eigenvalue weighted by molar-refractivity contribution is 6.99. The van der Waals surface area contributed by atoms with Gasteiger partial charge < -0.3 is 9.22 Å². The maximum Gasteiger partial charge on any atom is 0.261 e. The first kappa shape index (κ1) is 17.7. The lowest BCUT2D eigenvalue weighted by molar-refractivity contribution is -0.112. The molecule has 0 aromatic heterocycles. The lowest BCUT2D eigenvalue weighted by Crippen LogP contribution is -2.67. The van der Waals surface area contributed by atoms with Crippen LogP contribution in [-0.4, -0.2) is 20.7 Å². The first-order valence-electron chi connectivity index (χ1n) is 9.66. The zero-order chi connectivity index (χ0) is 18.4. The standard InChI is InChI=1S/C23H28O2Si/c1-22(2,3)26(20-10-6-4-7-11-20,21-12-8-5-9-13-21)25-19-14-18-15-23(18,16-19)17-24/h4-13,17-19H,14-16H2,1-3H3/t18-,19+,23-/m0/s1. The van der Waals surface area contributed by atoms with E-state index in [0.717, 1.165) is 19.3 Å². The summed E-state index contributed by atoms with van der Waals surface area (Å²) >= 11 is 0. The van der Waals surface area contributed by atoms with Gasteiger partial charge >= 0.3 is 0 Å². The van der Waals surface area contributed by atoms with Crippen LogP contribution in [0.4, 0.5) is 0 Å². The van der Waals surface area contributed by atoms with Gasteiger partial charge in [0.2, 0.25) is 0 Å². The molecule has 2 aliphatic carbocycles. The highest BCUT2D eigenvalue weighted by atomic mass is 28.4. The Morgan fingerprint density at radius 3 is 1.92 bits per heavy atom. The van der Waals surface area contributed by atoms with E-state index in [1.165, 1.54) is 16.7 Å². The Kier molecular flexibility index (Phi) is 4.20. The Labute approximate surface area is 157 Å². The van der Waals surface area contributed by atoms with Crippen LogP contribution in [0, 0.1) is 11.3 Å². The van der Waals surface area contributed by atoms with Gasteiger partial charge in [-0.05, 0) is 40.6 Å². The van der Waals surface area contributed by atoms with Crippen molar-refractivity contribution in [1.29, 1.82) is 0 Å². The maximum absolute atomic E-state index is 11.6. The summed E-state index contributed by atoms with van der Waals surface area (Å²) < 4.78 is 7.14. The fraction of sp³-hybridized carbons (Fsp3) is 0.435. The van der Waals surface area contributed by atoms with Crippen molar-refractivity contribution >= 4 is 25.0 Å². The third kappa shape index (κ3) is 2.69. The third-order valence-corrected chi connectivity index (χ3v) is 11.5. The molecule has 0 bridgehead atoms. The topological polar surface area (TPSA) is 26.3 Å². The van der Waals surface area contributed by atoms with Gasteiger partial charge in [0.1, 0.15) is 6.29 Å². The SMILES string of the molecule is CC(C)(C)[Si](O[C@@H]1C[C@H]2C[C@@]2(C=O)C1)(c1ccccc1)c1ccccc1. The van der Waals surface area contributed by atoms with Crippen LogP contribution in [0.25, 0.3) is 0 Å². The minimum Gasteiger partial charge on any atom is -0.404 e. The van der Waals surface area contributed by atoms with Crippen LogP contribution in [0.5, 0.6) is 0 Å². The lowest BCUT2D eigenvalue weighted by Gasteiger charge is -2.45. The van der Waals surface area contributed by atoms with E-state index in [9.17, 15) is 4.79 Å². The van der Waals surface area contributed by atoms with Gasteiger partial charge in [0.05, 0.1) is 0 Å². The summed E-state index contributed by atoms with van der Waals surface area (Å²) in [6.45, 7) is 6.93. The van der Waals surface area contributed by atoms with E-state index in [0.29, 0.717) is 5.92 Å². The van der Waals surface area contributed by atoms with Gasteiger partial charge in [0, 0.05) is 11.5 Å². The summed E-state index contributed by atoms with van der Waals surface area (Å²) in [5.41, 5.74) is -0.0733. The van der Waals surface area contributed by atoms with Crippen LogP contribution in [0.3, 0.4) is 0 Å². The van der Waals surface area contributed by atoms with Crippen LogP contribution >= 0.6 is 0 Å². The molecule has 0 spiro atoms. The molecule has 2 aliphatic rings. The van der Waals surface area contributed by atoms with E-state index >= 15 is 0 Å². The average molecular weight is 365 g/mol. The Balaban J connectivity index is 1.80. The van der Waals surface area contributed by atoms with E-state index in [-0.39, 0.29) is 16.6 Å². The summed E-state index contributed by atoms with van der Waals surface area (Å²) in [6.07, 6.45) is 4.38. The molecular weight excluding hydrogens is 336 g/mol. The zero-order valence-electron chi connectivity index (χ0n) is 15.9. The van der Waals surface area contributed by atoms with Gasteiger partial charge in [-0.2, -0.15) is 0 Å².